The van der Waals surface area contributed by atoms with E-state index < -0.39 is 30.6 Å². The van der Waals surface area contributed by atoms with Gasteiger partial charge in [-0.1, -0.05) is 30.3 Å². The standard InChI is InChI=1S/C12H13F3O3/c1-18-10(16)11(17,8-12(13,14)15)7-9-5-3-2-4-6-9/h2-6,17H,7-8H2,1H3. The number of carbonyl (C=O) groups excluding carboxylic acids is 1. The summed E-state index contributed by atoms with van der Waals surface area (Å²) in [5, 5.41) is 9.87. The van der Waals surface area contributed by atoms with E-state index in [2.05, 4.69) is 4.74 Å². The lowest BCUT2D eigenvalue weighted by atomic mass is 9.91. The van der Waals surface area contributed by atoms with E-state index in [4.69, 9.17) is 0 Å². The van der Waals surface area contributed by atoms with Gasteiger partial charge in [-0.05, 0) is 5.56 Å². The smallest absolute Gasteiger partial charge is 0.392 e. The van der Waals surface area contributed by atoms with Gasteiger partial charge in [0.05, 0.1) is 13.5 Å². The van der Waals surface area contributed by atoms with Gasteiger partial charge < -0.3 is 9.84 Å². The van der Waals surface area contributed by atoms with E-state index in [0.717, 1.165) is 7.11 Å². The molecule has 0 fully saturated rings. The minimum Gasteiger partial charge on any atom is -0.467 e. The fraction of sp³-hybridized carbons (Fsp3) is 0.417. The second kappa shape index (κ2) is 5.39. The van der Waals surface area contributed by atoms with Crippen LogP contribution in [0.1, 0.15) is 12.0 Å². The molecular weight excluding hydrogens is 249 g/mol. The van der Waals surface area contributed by atoms with Gasteiger partial charge in [-0.25, -0.2) is 4.79 Å². The molecule has 6 heteroatoms. The Morgan fingerprint density at radius 2 is 1.83 bits per heavy atom. The number of benzene rings is 1. The molecule has 18 heavy (non-hydrogen) atoms. The normalized spacial score (nSPS) is 14.9. The van der Waals surface area contributed by atoms with Crippen molar-refractivity contribution in [1.29, 1.82) is 0 Å². The summed E-state index contributed by atoms with van der Waals surface area (Å²) in [4.78, 5) is 11.3. The number of rotatable bonds is 4. The van der Waals surface area contributed by atoms with Gasteiger partial charge in [0.25, 0.3) is 0 Å². The van der Waals surface area contributed by atoms with Gasteiger partial charge in [0, 0.05) is 6.42 Å². The monoisotopic (exact) mass is 262 g/mol. The van der Waals surface area contributed by atoms with Crippen molar-refractivity contribution >= 4 is 5.97 Å². The van der Waals surface area contributed by atoms with Crippen LogP contribution in [-0.4, -0.2) is 30.0 Å². The molecule has 1 unspecified atom stereocenters. The predicted molar refractivity (Wildman–Crippen MR) is 57.8 cm³/mol. The molecule has 0 aliphatic heterocycles. The van der Waals surface area contributed by atoms with E-state index in [1.165, 1.54) is 12.1 Å². The summed E-state index contributed by atoms with van der Waals surface area (Å²) < 4.78 is 41.4. The molecule has 0 aliphatic carbocycles. The maximum Gasteiger partial charge on any atom is 0.392 e. The van der Waals surface area contributed by atoms with E-state index in [-0.39, 0.29) is 0 Å². The minimum absolute atomic E-state index is 0.426. The van der Waals surface area contributed by atoms with Crippen molar-refractivity contribution in [3.05, 3.63) is 35.9 Å². The zero-order valence-corrected chi connectivity index (χ0v) is 9.70. The molecule has 1 aromatic carbocycles. The Balaban J connectivity index is 2.95. The average Bonchev–Trinajstić information content (AvgIpc) is 2.26. The molecule has 100 valence electrons. The Labute approximate surface area is 102 Å². The molecule has 0 bridgehead atoms. The van der Waals surface area contributed by atoms with Gasteiger partial charge in [-0.3, -0.25) is 0 Å². The molecule has 0 heterocycles. The summed E-state index contributed by atoms with van der Waals surface area (Å²) in [6.07, 6.45) is -6.74. The van der Waals surface area contributed by atoms with E-state index in [9.17, 15) is 23.1 Å². The highest BCUT2D eigenvalue weighted by atomic mass is 19.4. The van der Waals surface area contributed by atoms with Crippen LogP contribution in [0, 0.1) is 0 Å². The number of hydrogen-bond acceptors (Lipinski definition) is 3. The fourth-order valence-electron chi connectivity index (χ4n) is 1.66. The van der Waals surface area contributed by atoms with Crippen molar-refractivity contribution < 1.29 is 27.8 Å². The van der Waals surface area contributed by atoms with E-state index in [1.54, 1.807) is 18.2 Å². The average molecular weight is 262 g/mol. The molecular formula is C12H13F3O3. The lowest BCUT2D eigenvalue weighted by Crippen LogP contribution is -2.45. The number of carbonyl (C=O) groups is 1. The largest absolute Gasteiger partial charge is 0.467 e. The van der Waals surface area contributed by atoms with Crippen LogP contribution in [-0.2, 0) is 16.0 Å². The molecule has 0 spiro atoms. The maximum atomic E-state index is 12.4. The Hall–Kier alpha value is -1.56. The Bertz CT molecular complexity index is 403. The number of methoxy groups -OCH3 is 1. The first-order chi connectivity index (χ1) is 8.27. The molecule has 1 rings (SSSR count). The predicted octanol–water partition coefficient (Wildman–Crippen LogP) is 2.09. The molecule has 0 radical (unpaired) electrons. The quantitative estimate of drug-likeness (QED) is 0.845. The molecule has 0 saturated heterocycles. The van der Waals surface area contributed by atoms with Crippen LogP contribution < -0.4 is 0 Å². The van der Waals surface area contributed by atoms with Crippen LogP contribution >= 0.6 is 0 Å². The molecule has 0 aromatic heterocycles. The number of aliphatic hydroxyl groups is 1. The lowest BCUT2D eigenvalue weighted by Gasteiger charge is -2.26. The highest BCUT2D eigenvalue weighted by molar-refractivity contribution is 5.79. The third-order valence-electron chi connectivity index (χ3n) is 2.40. The summed E-state index contributed by atoms with van der Waals surface area (Å²) in [5.74, 6) is -1.29. The zero-order chi connectivity index (χ0) is 13.8. The zero-order valence-electron chi connectivity index (χ0n) is 9.70. The number of ether oxygens (including phenoxy) is 1. The Morgan fingerprint density at radius 3 is 2.28 bits per heavy atom. The maximum absolute atomic E-state index is 12.4. The molecule has 3 nitrogen and oxygen atoms in total. The molecule has 0 amide bonds. The molecule has 0 saturated carbocycles. The van der Waals surface area contributed by atoms with Crippen molar-refractivity contribution in [2.75, 3.05) is 7.11 Å². The van der Waals surface area contributed by atoms with Crippen LogP contribution in [0.5, 0.6) is 0 Å². The van der Waals surface area contributed by atoms with E-state index in [0.29, 0.717) is 5.56 Å². The number of esters is 1. The van der Waals surface area contributed by atoms with E-state index >= 15 is 0 Å². The molecule has 1 N–H and O–H groups in total. The topological polar surface area (TPSA) is 46.5 Å². The van der Waals surface area contributed by atoms with Crippen molar-refractivity contribution in [3.63, 3.8) is 0 Å². The van der Waals surface area contributed by atoms with Crippen LogP contribution in [0.4, 0.5) is 13.2 Å². The molecule has 0 aliphatic rings. The number of halogens is 3. The van der Waals surface area contributed by atoms with Gasteiger partial charge >= 0.3 is 12.1 Å². The van der Waals surface area contributed by atoms with Crippen LogP contribution in [0.3, 0.4) is 0 Å². The highest BCUT2D eigenvalue weighted by Crippen LogP contribution is 2.30. The first-order valence-corrected chi connectivity index (χ1v) is 5.18. The van der Waals surface area contributed by atoms with Gasteiger partial charge in [-0.15, -0.1) is 0 Å². The van der Waals surface area contributed by atoms with Crippen molar-refractivity contribution in [2.45, 2.75) is 24.6 Å². The van der Waals surface area contributed by atoms with Crippen molar-refractivity contribution in [1.82, 2.24) is 0 Å². The van der Waals surface area contributed by atoms with Crippen LogP contribution in [0.25, 0.3) is 0 Å². The Kier molecular flexibility index (Phi) is 4.34. The van der Waals surface area contributed by atoms with Gasteiger partial charge in [0.15, 0.2) is 5.60 Å². The first kappa shape index (κ1) is 14.5. The van der Waals surface area contributed by atoms with Gasteiger partial charge in [0.1, 0.15) is 0 Å². The fourth-order valence-corrected chi connectivity index (χ4v) is 1.66. The highest BCUT2D eigenvalue weighted by Gasteiger charge is 2.47. The van der Waals surface area contributed by atoms with E-state index in [1.807, 2.05) is 0 Å². The number of hydrogen-bond donors (Lipinski definition) is 1. The second-order valence-electron chi connectivity index (χ2n) is 3.98. The molecule has 1 atom stereocenters. The minimum atomic E-state index is -4.66. The Morgan fingerprint density at radius 1 is 1.28 bits per heavy atom. The first-order valence-electron chi connectivity index (χ1n) is 5.18. The second-order valence-corrected chi connectivity index (χ2v) is 3.98. The summed E-state index contributed by atoms with van der Waals surface area (Å²) in [7, 11) is 0.939. The van der Waals surface area contributed by atoms with Crippen LogP contribution in [0.15, 0.2) is 30.3 Å². The summed E-state index contributed by atoms with van der Waals surface area (Å²) in [6, 6.07) is 7.97. The third-order valence-corrected chi connectivity index (χ3v) is 2.40. The third kappa shape index (κ3) is 4.03. The lowest BCUT2D eigenvalue weighted by molar-refractivity contribution is -0.196. The summed E-state index contributed by atoms with van der Waals surface area (Å²) >= 11 is 0. The molecule has 1 aromatic rings. The summed E-state index contributed by atoms with van der Waals surface area (Å²) in [5.41, 5.74) is -2.16. The van der Waals surface area contributed by atoms with Gasteiger partial charge in [0.2, 0.25) is 0 Å². The van der Waals surface area contributed by atoms with Gasteiger partial charge in [-0.2, -0.15) is 13.2 Å². The van der Waals surface area contributed by atoms with Crippen LogP contribution in [0.2, 0.25) is 0 Å². The number of alkyl halides is 3. The van der Waals surface area contributed by atoms with Crippen molar-refractivity contribution in [2.24, 2.45) is 0 Å². The SMILES string of the molecule is COC(=O)C(O)(Cc1ccccc1)CC(F)(F)F. The van der Waals surface area contributed by atoms with Crippen molar-refractivity contribution in [3.8, 4) is 0 Å². The summed E-state index contributed by atoms with van der Waals surface area (Å²) in [6.45, 7) is 0.